The van der Waals surface area contributed by atoms with E-state index in [9.17, 15) is 5.26 Å². The minimum atomic E-state index is -2.45. The second-order valence-electron chi connectivity index (χ2n) is 10.5. The first-order chi connectivity index (χ1) is 15.7. The van der Waals surface area contributed by atoms with Crippen LogP contribution in [0.3, 0.4) is 0 Å². The van der Waals surface area contributed by atoms with E-state index in [1.165, 1.54) is 36.3 Å². The second kappa shape index (κ2) is 7.71. The number of hydrogen-bond donors (Lipinski definition) is 0. The number of hydrogen-bond acceptors (Lipinski definition) is 2. The summed E-state index contributed by atoms with van der Waals surface area (Å²) in [5, 5.41) is 11.9. The molecule has 1 aromatic heterocycles. The molecule has 2 heterocycles. The van der Waals surface area contributed by atoms with E-state index in [0.717, 1.165) is 16.8 Å². The molecule has 3 heteroatoms. The monoisotopic (exact) mass is 490 g/mol. The molecule has 0 aliphatic carbocycles. The molecule has 0 N–H and O–H groups in total. The average Bonchev–Trinajstić information content (AvgIpc) is 3.07. The summed E-state index contributed by atoms with van der Waals surface area (Å²) in [7, 11) is 0. The van der Waals surface area contributed by atoms with Crippen LogP contribution < -0.4 is 4.40 Å². The summed E-state index contributed by atoms with van der Waals surface area (Å²) >= 11 is -2.45. The Kier molecular flexibility index (Phi) is 5.07. The van der Waals surface area contributed by atoms with Gasteiger partial charge in [-0.1, -0.05) is 0 Å². The molecule has 162 valence electrons. The number of pyridine rings is 1. The predicted octanol–water partition coefficient (Wildman–Crippen LogP) is 7.08. The fourth-order valence-electron chi connectivity index (χ4n) is 5.08. The Balaban J connectivity index is 1.64. The summed E-state index contributed by atoms with van der Waals surface area (Å²) in [5.74, 6) is 4.88. The molecule has 5 rings (SSSR count). The quantitative estimate of drug-likeness (QED) is 0.282. The van der Waals surface area contributed by atoms with Crippen LogP contribution in [-0.2, 0) is 5.41 Å². The molecule has 0 radical (unpaired) electrons. The molecular formula is C30H28GeN2. The van der Waals surface area contributed by atoms with Gasteiger partial charge in [0, 0.05) is 0 Å². The van der Waals surface area contributed by atoms with Gasteiger partial charge in [-0.3, -0.25) is 0 Å². The van der Waals surface area contributed by atoms with Gasteiger partial charge >= 0.3 is 199 Å². The first-order valence-electron chi connectivity index (χ1n) is 11.5. The molecule has 0 spiro atoms. The van der Waals surface area contributed by atoms with Crippen LogP contribution in [0.25, 0.3) is 32.5 Å². The first kappa shape index (κ1) is 21.7. The first-order valence-corrected chi connectivity index (χ1v) is 17.7. The van der Waals surface area contributed by atoms with E-state index in [1.807, 2.05) is 18.3 Å². The molecule has 0 amide bonds. The van der Waals surface area contributed by atoms with Crippen molar-refractivity contribution >= 4 is 38.9 Å². The van der Waals surface area contributed by atoms with E-state index in [-0.39, 0.29) is 5.41 Å². The molecule has 0 unspecified atom stereocenters. The number of nitrogens with zero attached hydrogens (tertiary/aromatic N) is 2. The fraction of sp³-hybridized carbons (Fsp3) is 0.200. The van der Waals surface area contributed by atoms with Crippen molar-refractivity contribution in [1.82, 2.24) is 4.98 Å². The van der Waals surface area contributed by atoms with Gasteiger partial charge in [0.25, 0.3) is 0 Å². The Hall–Kier alpha value is -3.16. The van der Waals surface area contributed by atoms with Crippen LogP contribution in [0.4, 0.5) is 0 Å². The molecule has 1 aliphatic rings. The standard InChI is InChI=1S/C30H28GeN2/c1-30(2,3)26-16-24(15-21-8-6-7-9-25(21)26)29-18-22(12-13-33-29)28-17-23-14-20(19-32)10-11-27(23)31(28,4)5/h6-18H,1-5H3. The van der Waals surface area contributed by atoms with Gasteiger partial charge in [0.2, 0.25) is 0 Å². The molecule has 33 heavy (non-hydrogen) atoms. The van der Waals surface area contributed by atoms with Crippen molar-refractivity contribution in [3.8, 4) is 17.3 Å². The number of aromatic nitrogens is 1. The summed E-state index contributed by atoms with van der Waals surface area (Å²) in [6.07, 6.45) is 4.26. The van der Waals surface area contributed by atoms with Crippen molar-refractivity contribution in [3.05, 3.63) is 95.2 Å². The predicted molar refractivity (Wildman–Crippen MR) is 142 cm³/mol. The minimum absolute atomic E-state index is 0.0403. The van der Waals surface area contributed by atoms with Crippen molar-refractivity contribution in [3.63, 3.8) is 0 Å². The molecular weight excluding hydrogens is 461 g/mol. The van der Waals surface area contributed by atoms with Crippen molar-refractivity contribution < 1.29 is 0 Å². The molecule has 4 aromatic rings. The van der Waals surface area contributed by atoms with Crippen molar-refractivity contribution in [1.29, 1.82) is 5.26 Å². The van der Waals surface area contributed by atoms with Crippen LogP contribution in [0.1, 0.15) is 43.0 Å². The topological polar surface area (TPSA) is 36.7 Å². The molecule has 3 aromatic carbocycles. The van der Waals surface area contributed by atoms with Gasteiger partial charge < -0.3 is 0 Å². The van der Waals surface area contributed by atoms with Crippen LogP contribution in [0.15, 0.2) is 72.9 Å². The van der Waals surface area contributed by atoms with Gasteiger partial charge in [0.15, 0.2) is 0 Å². The van der Waals surface area contributed by atoms with Crippen LogP contribution in [0, 0.1) is 11.3 Å². The van der Waals surface area contributed by atoms with Gasteiger partial charge in [-0.2, -0.15) is 0 Å². The summed E-state index contributed by atoms with van der Waals surface area (Å²) in [6.45, 7) is 6.82. The van der Waals surface area contributed by atoms with Gasteiger partial charge in [-0.25, -0.2) is 0 Å². The third kappa shape index (κ3) is 3.71. The Bertz CT molecular complexity index is 1480. The van der Waals surface area contributed by atoms with Crippen LogP contribution in [0.5, 0.6) is 0 Å². The second-order valence-corrected chi connectivity index (χ2v) is 19.6. The zero-order valence-electron chi connectivity index (χ0n) is 19.9. The SMILES string of the molecule is CC(C)(C)c1cc(-c2cc([C]3=Cc4cc(C#N)cc[c]4[Ge]3([CH3])[CH3])ccn2)cc2ccccc12. The average molecular weight is 489 g/mol. The molecule has 2 nitrogen and oxygen atoms in total. The number of benzene rings is 3. The van der Waals surface area contributed by atoms with Crippen LogP contribution in [-0.4, -0.2) is 18.3 Å². The van der Waals surface area contributed by atoms with Gasteiger partial charge in [0.1, 0.15) is 0 Å². The number of nitriles is 1. The number of fused-ring (bicyclic) bond motifs is 2. The Morgan fingerprint density at radius 3 is 2.42 bits per heavy atom. The zero-order chi connectivity index (χ0) is 23.4. The van der Waals surface area contributed by atoms with E-state index in [2.05, 4.69) is 99.0 Å². The molecule has 0 atom stereocenters. The zero-order valence-corrected chi connectivity index (χ0v) is 22.0. The van der Waals surface area contributed by atoms with E-state index in [0.29, 0.717) is 0 Å². The summed E-state index contributed by atoms with van der Waals surface area (Å²) in [6, 6.07) is 26.1. The van der Waals surface area contributed by atoms with Crippen molar-refractivity contribution in [2.75, 3.05) is 0 Å². The Labute approximate surface area is 199 Å². The molecule has 0 saturated heterocycles. The van der Waals surface area contributed by atoms with E-state index >= 15 is 0 Å². The van der Waals surface area contributed by atoms with Gasteiger partial charge in [-0.15, -0.1) is 0 Å². The normalized spacial score (nSPS) is 14.6. The fourth-order valence-corrected chi connectivity index (χ4v) is 11.5. The van der Waals surface area contributed by atoms with Gasteiger partial charge in [0.05, 0.1) is 0 Å². The van der Waals surface area contributed by atoms with E-state index in [4.69, 9.17) is 4.98 Å². The summed E-state index contributed by atoms with van der Waals surface area (Å²) in [5.41, 5.74) is 6.75. The summed E-state index contributed by atoms with van der Waals surface area (Å²) < 4.78 is 2.89. The molecule has 0 fully saturated rings. The maximum atomic E-state index is 9.34. The van der Waals surface area contributed by atoms with E-state index in [1.54, 1.807) is 0 Å². The Morgan fingerprint density at radius 1 is 0.879 bits per heavy atom. The van der Waals surface area contributed by atoms with Gasteiger partial charge in [-0.05, 0) is 0 Å². The molecule has 0 saturated carbocycles. The van der Waals surface area contributed by atoms with Crippen LogP contribution >= 0.6 is 0 Å². The van der Waals surface area contributed by atoms with Crippen molar-refractivity contribution in [2.24, 2.45) is 0 Å². The van der Waals surface area contributed by atoms with E-state index < -0.39 is 13.3 Å². The molecule has 0 bridgehead atoms. The third-order valence-electron chi connectivity index (χ3n) is 6.86. The van der Waals surface area contributed by atoms with Crippen molar-refractivity contribution in [2.45, 2.75) is 37.7 Å². The summed E-state index contributed by atoms with van der Waals surface area (Å²) in [4.78, 5) is 4.79. The number of rotatable bonds is 2. The maximum absolute atomic E-state index is 9.34. The Morgan fingerprint density at radius 2 is 1.67 bits per heavy atom. The third-order valence-corrected chi connectivity index (χ3v) is 14.4. The molecule has 1 aliphatic heterocycles. The van der Waals surface area contributed by atoms with Crippen LogP contribution in [0.2, 0.25) is 11.5 Å².